The van der Waals surface area contributed by atoms with E-state index in [1.54, 1.807) is 45.0 Å². The minimum Gasteiger partial charge on any atom is -0.494 e. The molecule has 10 amide bonds. The number of guanidine groups is 2. The lowest BCUT2D eigenvalue weighted by molar-refractivity contribution is -0.143. The number of ether oxygens (including phenoxy) is 1. The highest BCUT2D eigenvalue weighted by molar-refractivity contribution is 5.99. The third-order valence-corrected chi connectivity index (χ3v) is 17.3. The summed E-state index contributed by atoms with van der Waals surface area (Å²) in [7, 11) is 0. The summed E-state index contributed by atoms with van der Waals surface area (Å²) >= 11 is 0. The topological polar surface area (TPSA) is 448 Å². The predicted molar refractivity (Wildman–Crippen MR) is 333 cm³/mol. The molecule has 7 rings (SSSR count). The highest BCUT2D eigenvalue weighted by Gasteiger charge is 2.52. The van der Waals surface area contributed by atoms with Crippen molar-refractivity contribution in [1.82, 2.24) is 42.1 Å². The second-order valence-electron chi connectivity index (χ2n) is 24.9. The van der Waals surface area contributed by atoms with Crippen LogP contribution in [0, 0.1) is 34.9 Å². The maximum Gasteiger partial charge on any atom is 0.245 e. The van der Waals surface area contributed by atoms with Gasteiger partial charge in [-0.15, -0.1) is 0 Å². The number of nitrogens with one attached hydrogen (secondary N) is 7. The van der Waals surface area contributed by atoms with Crippen molar-refractivity contribution >= 4 is 71.0 Å². The van der Waals surface area contributed by atoms with E-state index in [1.165, 1.54) is 48.4 Å². The lowest BCUT2D eigenvalue weighted by Gasteiger charge is -2.56. The normalized spacial score (nSPS) is 21.2. The molecule has 4 aliphatic carbocycles. The predicted octanol–water partition coefficient (Wildman–Crippen LogP) is -0.465. The molecule has 0 unspecified atom stereocenters. The van der Waals surface area contributed by atoms with Gasteiger partial charge >= 0.3 is 0 Å². The highest BCUT2D eigenvalue weighted by Crippen LogP contribution is 2.61. The number of likely N-dealkylation sites (tertiary alicyclic amines) is 1. The molecule has 0 aromatic heterocycles. The van der Waals surface area contributed by atoms with Crippen LogP contribution in [0.3, 0.4) is 0 Å². The standard InChI is InChI=1S/C62H93FN16O11/c1-5-42(59(89)79-23-9-12-48(79)57(87)75-44(11-8-22-71-61(68)69)53(83)74-43(52(65)82)10-7-21-70-60(66)67)73-55(85)47(29-49(64)80)77-58(88)51(34(3)4)78-56(86)46(28-35-13-17-40(63)18-14-35)76-54(84)45(27-36-15-19-41(20-16-36)90-6-2)72-50(81)33-62-30-37-24-38(31-62)26-39(25-37)32-62/h13-20,34,37-39,42-48,51H,5-12,21-33H2,1-4H3,(H2,64,80)(H2,65,82)(H,72,81)(H,73,85)(H,74,83)(H,75,87)(H,76,84)(H,77,88)(H,78,86)(H4,66,67,70)(H4,68,69,71)/t37?,38?,39?,42-,43-,44-,45+,46-,47-,48-,51-,62?/m0/s1. The van der Waals surface area contributed by atoms with Crippen molar-refractivity contribution in [1.29, 1.82) is 0 Å². The number of nitrogens with two attached hydrogens (primary N) is 6. The molecule has 0 radical (unpaired) electrons. The van der Waals surface area contributed by atoms with Crippen molar-refractivity contribution in [2.45, 2.75) is 185 Å². The number of rotatable bonds is 35. The Balaban J connectivity index is 1.15. The van der Waals surface area contributed by atoms with Crippen LogP contribution in [0.25, 0.3) is 0 Å². The Morgan fingerprint density at radius 3 is 1.62 bits per heavy atom. The van der Waals surface area contributed by atoms with Crippen molar-refractivity contribution in [3.8, 4) is 5.75 Å². The molecule has 1 heterocycles. The molecule has 19 N–H and O–H groups in total. The maximum absolute atomic E-state index is 14.7. The van der Waals surface area contributed by atoms with Crippen LogP contribution in [0.1, 0.15) is 135 Å². The Bertz CT molecular complexity index is 2880. The number of halogens is 1. The summed E-state index contributed by atoms with van der Waals surface area (Å²) in [6.07, 6.45) is 6.89. The van der Waals surface area contributed by atoms with Crippen LogP contribution in [0.5, 0.6) is 5.75 Å². The zero-order valence-electron chi connectivity index (χ0n) is 52.1. The fourth-order valence-corrected chi connectivity index (χ4v) is 13.4. The molecule has 2 aromatic rings. The van der Waals surface area contributed by atoms with E-state index in [-0.39, 0.29) is 101 Å². The number of hydrogen-bond donors (Lipinski definition) is 13. The minimum atomic E-state index is -1.69. The number of benzene rings is 2. The maximum atomic E-state index is 14.7. The molecule has 1 saturated heterocycles. The first kappa shape index (κ1) is 70.5. The summed E-state index contributed by atoms with van der Waals surface area (Å²) in [6, 6.07) is 1.85. The largest absolute Gasteiger partial charge is 0.494 e. The minimum absolute atomic E-state index is 0.00179. The highest BCUT2D eigenvalue weighted by atomic mass is 19.1. The van der Waals surface area contributed by atoms with Gasteiger partial charge in [0.1, 0.15) is 59.9 Å². The number of primary amides is 2. The molecule has 28 heteroatoms. The Morgan fingerprint density at radius 1 is 0.611 bits per heavy atom. The third-order valence-electron chi connectivity index (χ3n) is 17.3. The second kappa shape index (κ2) is 33.3. The monoisotopic (exact) mass is 1260 g/mol. The van der Waals surface area contributed by atoms with Gasteiger partial charge in [0.05, 0.1) is 13.0 Å². The van der Waals surface area contributed by atoms with Crippen molar-refractivity contribution in [2.24, 2.45) is 73.5 Å². The number of amides is 10. The lowest BCUT2D eigenvalue weighted by atomic mass is 9.49. The van der Waals surface area contributed by atoms with E-state index in [0.29, 0.717) is 47.7 Å². The molecule has 4 bridgehead atoms. The summed E-state index contributed by atoms with van der Waals surface area (Å²) in [5, 5.41) is 18.9. The van der Waals surface area contributed by atoms with Crippen LogP contribution < -0.4 is 76.4 Å². The summed E-state index contributed by atoms with van der Waals surface area (Å²) in [5.74, 6) is -6.98. The molecule has 0 spiro atoms. The van der Waals surface area contributed by atoms with Gasteiger partial charge < -0.3 is 81.3 Å². The lowest BCUT2D eigenvalue weighted by Crippen LogP contribution is -2.61. The number of carbonyl (C=O) groups excluding carboxylic acids is 10. The van der Waals surface area contributed by atoms with Crippen LogP contribution in [-0.2, 0) is 60.8 Å². The SMILES string of the molecule is CCOc1ccc(C[C@@H](NC(=O)CC23CC4CC(CC(C4)C2)C3)C(=O)N[C@@H](Cc2ccc(F)cc2)C(=O)N[C@H](C(=O)N[C@@H](CC(N)=O)C(=O)N[C@@H](CC)C(=O)N2CCC[C@H]2C(=O)N[C@@H](CCCN=C(N)N)C(=O)N[C@@H](CCCN=C(N)N)C(N)=O)C(C)C)cc1. The van der Waals surface area contributed by atoms with Crippen LogP contribution >= 0.6 is 0 Å². The van der Waals surface area contributed by atoms with Gasteiger partial charge in [-0.25, -0.2) is 4.39 Å². The fourth-order valence-electron chi connectivity index (χ4n) is 13.4. The van der Waals surface area contributed by atoms with Gasteiger partial charge in [0.25, 0.3) is 0 Å². The molecule has 494 valence electrons. The van der Waals surface area contributed by atoms with Crippen LogP contribution in [0.2, 0.25) is 0 Å². The Hall–Kier alpha value is -8.59. The first-order chi connectivity index (χ1) is 42.7. The smallest absolute Gasteiger partial charge is 0.245 e. The summed E-state index contributed by atoms with van der Waals surface area (Å²) in [4.78, 5) is 148. The first-order valence-electron chi connectivity index (χ1n) is 31.3. The second-order valence-corrected chi connectivity index (χ2v) is 24.9. The molecular formula is C62H93FN16O11. The average molecular weight is 1260 g/mol. The van der Waals surface area contributed by atoms with Crippen molar-refractivity contribution in [3.63, 3.8) is 0 Å². The van der Waals surface area contributed by atoms with Crippen LogP contribution in [-0.4, -0.2) is 150 Å². The number of aliphatic imine (C=N–C) groups is 2. The molecule has 90 heavy (non-hydrogen) atoms. The van der Waals surface area contributed by atoms with E-state index in [9.17, 15) is 52.3 Å². The summed E-state index contributed by atoms with van der Waals surface area (Å²) in [5.41, 5.74) is 34.0. The molecule has 5 fully saturated rings. The van der Waals surface area contributed by atoms with E-state index in [0.717, 1.165) is 19.3 Å². The summed E-state index contributed by atoms with van der Waals surface area (Å²) < 4.78 is 19.9. The van der Waals surface area contributed by atoms with Crippen LogP contribution in [0.4, 0.5) is 4.39 Å². The molecule has 2 aromatic carbocycles. The van der Waals surface area contributed by atoms with E-state index < -0.39 is 120 Å². The molecule has 4 saturated carbocycles. The van der Waals surface area contributed by atoms with Gasteiger partial charge in [0, 0.05) is 38.9 Å². The Morgan fingerprint density at radius 2 is 1.10 bits per heavy atom. The average Bonchev–Trinajstić information content (AvgIpc) is 0.891. The fraction of sp³-hybridized carbons (Fsp3) is 0.613. The Kier molecular flexibility index (Phi) is 26.1. The van der Waals surface area contributed by atoms with Crippen molar-refractivity contribution in [3.05, 3.63) is 65.5 Å². The zero-order chi connectivity index (χ0) is 65.8. The molecule has 27 nitrogen and oxygen atoms in total. The first-order valence-corrected chi connectivity index (χ1v) is 31.3. The number of nitrogens with zero attached hydrogens (tertiary/aromatic N) is 3. The van der Waals surface area contributed by atoms with Crippen LogP contribution in [0.15, 0.2) is 58.5 Å². The van der Waals surface area contributed by atoms with Gasteiger partial charge in [-0.1, -0.05) is 45.0 Å². The van der Waals surface area contributed by atoms with Gasteiger partial charge in [0.15, 0.2) is 11.9 Å². The van der Waals surface area contributed by atoms with Gasteiger partial charge in [-0.2, -0.15) is 0 Å². The quantitative estimate of drug-likeness (QED) is 0.0236. The molecule has 5 aliphatic rings. The van der Waals surface area contributed by atoms with E-state index in [4.69, 9.17) is 39.1 Å². The zero-order valence-corrected chi connectivity index (χ0v) is 52.1. The van der Waals surface area contributed by atoms with Crippen molar-refractivity contribution in [2.75, 3.05) is 26.2 Å². The number of hydrogen-bond acceptors (Lipinski definition) is 13. The number of carbonyl (C=O) groups is 10. The van der Waals surface area contributed by atoms with Gasteiger partial charge in [-0.3, -0.25) is 57.9 Å². The van der Waals surface area contributed by atoms with E-state index in [1.807, 2.05) is 6.92 Å². The van der Waals surface area contributed by atoms with Crippen molar-refractivity contribution < 1.29 is 57.1 Å². The molecule has 8 atom stereocenters. The third kappa shape index (κ3) is 21.0. The molecule has 1 aliphatic heterocycles. The van der Waals surface area contributed by atoms with Gasteiger partial charge in [-0.05, 0) is 155 Å². The van der Waals surface area contributed by atoms with Gasteiger partial charge in [0.2, 0.25) is 59.1 Å². The Labute approximate surface area is 524 Å². The van der Waals surface area contributed by atoms with E-state index >= 15 is 0 Å². The summed E-state index contributed by atoms with van der Waals surface area (Å²) in [6.45, 7) is 7.42. The molecular weight excluding hydrogens is 1160 g/mol. The van der Waals surface area contributed by atoms with E-state index in [2.05, 4.69) is 47.2 Å².